The molecule has 1 aromatic heterocycles. The van der Waals surface area contributed by atoms with Crippen molar-refractivity contribution >= 4 is 0 Å². The number of benzene rings is 1. The fourth-order valence-electron chi connectivity index (χ4n) is 2.42. The van der Waals surface area contributed by atoms with E-state index in [1.54, 1.807) is 13.0 Å². The van der Waals surface area contributed by atoms with Crippen LogP contribution in [0.1, 0.15) is 47.6 Å². The number of hydrogen-bond acceptors (Lipinski definition) is 2. The number of furan rings is 1. The summed E-state index contributed by atoms with van der Waals surface area (Å²) in [7, 11) is 0. The summed E-state index contributed by atoms with van der Waals surface area (Å²) in [6.45, 7) is 8.66. The van der Waals surface area contributed by atoms with Crippen LogP contribution in [0.25, 0.3) is 0 Å². The molecule has 0 bridgehead atoms. The third-order valence-corrected chi connectivity index (χ3v) is 3.52. The summed E-state index contributed by atoms with van der Waals surface area (Å²) in [6.07, 6.45) is 1.03. The molecular formula is C17H22FNO. The van der Waals surface area contributed by atoms with Gasteiger partial charge in [-0.15, -0.1) is 0 Å². The highest BCUT2D eigenvalue weighted by Gasteiger charge is 2.19. The van der Waals surface area contributed by atoms with Gasteiger partial charge in [-0.1, -0.05) is 19.1 Å². The normalized spacial score (nSPS) is 12.7. The van der Waals surface area contributed by atoms with Crippen LogP contribution in [0.3, 0.4) is 0 Å². The largest absolute Gasteiger partial charge is 0.466 e. The molecule has 0 fully saturated rings. The van der Waals surface area contributed by atoms with Crippen LogP contribution in [-0.2, 0) is 0 Å². The quantitative estimate of drug-likeness (QED) is 0.873. The Balaban J connectivity index is 2.41. The molecule has 2 aromatic rings. The summed E-state index contributed by atoms with van der Waals surface area (Å²) < 4.78 is 19.4. The fraction of sp³-hybridized carbons (Fsp3) is 0.412. The molecule has 0 saturated heterocycles. The predicted molar refractivity (Wildman–Crippen MR) is 79.5 cm³/mol. The fourth-order valence-corrected chi connectivity index (χ4v) is 2.42. The van der Waals surface area contributed by atoms with E-state index in [0.717, 1.165) is 35.6 Å². The maximum atomic E-state index is 13.8. The van der Waals surface area contributed by atoms with Crippen LogP contribution in [-0.4, -0.2) is 6.54 Å². The van der Waals surface area contributed by atoms with E-state index in [4.69, 9.17) is 4.42 Å². The average Bonchev–Trinajstić information content (AvgIpc) is 2.73. The Morgan fingerprint density at radius 1 is 1.20 bits per heavy atom. The van der Waals surface area contributed by atoms with Crippen LogP contribution in [0.4, 0.5) is 4.39 Å². The van der Waals surface area contributed by atoms with Gasteiger partial charge in [0.05, 0.1) is 6.04 Å². The van der Waals surface area contributed by atoms with Crippen molar-refractivity contribution in [3.05, 3.63) is 58.3 Å². The number of rotatable bonds is 5. The van der Waals surface area contributed by atoms with Gasteiger partial charge >= 0.3 is 0 Å². The highest BCUT2D eigenvalue weighted by atomic mass is 19.1. The Kier molecular flexibility index (Phi) is 4.61. The number of halogens is 1. The minimum absolute atomic E-state index is 0.0255. The third kappa shape index (κ3) is 3.10. The molecule has 0 aliphatic heterocycles. The Morgan fingerprint density at radius 3 is 2.50 bits per heavy atom. The highest BCUT2D eigenvalue weighted by Crippen LogP contribution is 2.28. The molecule has 2 rings (SSSR count). The summed E-state index contributed by atoms with van der Waals surface area (Å²) in [5.41, 5.74) is 2.69. The first-order chi connectivity index (χ1) is 9.52. The van der Waals surface area contributed by atoms with E-state index in [9.17, 15) is 4.39 Å². The third-order valence-electron chi connectivity index (χ3n) is 3.52. The molecule has 2 nitrogen and oxygen atoms in total. The molecule has 1 heterocycles. The average molecular weight is 275 g/mol. The van der Waals surface area contributed by atoms with Crippen molar-refractivity contribution in [3.8, 4) is 0 Å². The Hall–Kier alpha value is -1.61. The van der Waals surface area contributed by atoms with Crippen molar-refractivity contribution in [1.29, 1.82) is 0 Å². The van der Waals surface area contributed by atoms with Crippen molar-refractivity contribution < 1.29 is 8.81 Å². The molecule has 1 N–H and O–H groups in total. The van der Waals surface area contributed by atoms with Crippen LogP contribution >= 0.6 is 0 Å². The van der Waals surface area contributed by atoms with Crippen molar-refractivity contribution in [2.75, 3.05) is 6.54 Å². The van der Waals surface area contributed by atoms with Gasteiger partial charge in [0.15, 0.2) is 0 Å². The molecule has 108 valence electrons. The van der Waals surface area contributed by atoms with E-state index in [2.05, 4.69) is 12.2 Å². The van der Waals surface area contributed by atoms with E-state index in [0.29, 0.717) is 5.56 Å². The zero-order chi connectivity index (χ0) is 14.7. The van der Waals surface area contributed by atoms with Gasteiger partial charge in [0, 0.05) is 5.56 Å². The second kappa shape index (κ2) is 6.23. The van der Waals surface area contributed by atoms with Crippen LogP contribution in [0.5, 0.6) is 0 Å². The minimum Gasteiger partial charge on any atom is -0.466 e. The molecular weight excluding hydrogens is 253 g/mol. The van der Waals surface area contributed by atoms with Gasteiger partial charge in [-0.25, -0.2) is 4.39 Å². The van der Waals surface area contributed by atoms with Crippen molar-refractivity contribution in [2.24, 2.45) is 0 Å². The molecule has 3 heteroatoms. The van der Waals surface area contributed by atoms with Crippen molar-refractivity contribution in [2.45, 2.75) is 40.2 Å². The molecule has 0 aliphatic rings. The van der Waals surface area contributed by atoms with Gasteiger partial charge in [0.25, 0.3) is 0 Å². The lowest BCUT2D eigenvalue weighted by Crippen LogP contribution is -2.23. The predicted octanol–water partition coefficient (Wildman–Crippen LogP) is 4.43. The minimum atomic E-state index is -0.163. The van der Waals surface area contributed by atoms with Gasteiger partial charge in [-0.2, -0.15) is 0 Å². The van der Waals surface area contributed by atoms with E-state index < -0.39 is 0 Å². The van der Waals surface area contributed by atoms with Crippen LogP contribution in [0.2, 0.25) is 0 Å². The number of hydrogen-bond donors (Lipinski definition) is 1. The maximum absolute atomic E-state index is 13.8. The summed E-state index contributed by atoms with van der Waals surface area (Å²) >= 11 is 0. The van der Waals surface area contributed by atoms with E-state index >= 15 is 0 Å². The monoisotopic (exact) mass is 275 g/mol. The van der Waals surface area contributed by atoms with Crippen molar-refractivity contribution in [3.63, 3.8) is 0 Å². The second-order valence-electron chi connectivity index (χ2n) is 5.26. The maximum Gasteiger partial charge on any atom is 0.126 e. The van der Waals surface area contributed by atoms with Crippen LogP contribution < -0.4 is 5.32 Å². The summed E-state index contributed by atoms with van der Waals surface area (Å²) in [5, 5.41) is 3.48. The van der Waals surface area contributed by atoms with Crippen molar-refractivity contribution in [1.82, 2.24) is 5.32 Å². The molecule has 0 amide bonds. The lowest BCUT2D eigenvalue weighted by Gasteiger charge is -2.19. The SMILES string of the molecule is CCCNC(c1ccc(C)c(F)c1)c1cc(C)oc1C. The lowest BCUT2D eigenvalue weighted by molar-refractivity contribution is 0.493. The molecule has 20 heavy (non-hydrogen) atoms. The van der Waals surface area contributed by atoms with Crippen LogP contribution in [0.15, 0.2) is 28.7 Å². The van der Waals surface area contributed by atoms with Gasteiger partial charge < -0.3 is 9.73 Å². The molecule has 1 unspecified atom stereocenters. The zero-order valence-corrected chi connectivity index (χ0v) is 12.6. The van der Waals surface area contributed by atoms with Gasteiger partial charge in [0.2, 0.25) is 0 Å². The molecule has 0 radical (unpaired) electrons. The van der Waals surface area contributed by atoms with Gasteiger partial charge in [-0.3, -0.25) is 0 Å². The molecule has 1 atom stereocenters. The Labute approximate surface area is 120 Å². The van der Waals surface area contributed by atoms with Gasteiger partial charge in [-0.05, 0) is 57.0 Å². The van der Waals surface area contributed by atoms with Crippen LogP contribution in [0, 0.1) is 26.6 Å². The molecule has 0 saturated carbocycles. The molecule has 0 spiro atoms. The lowest BCUT2D eigenvalue weighted by atomic mass is 9.97. The first kappa shape index (κ1) is 14.8. The smallest absolute Gasteiger partial charge is 0.126 e. The molecule has 0 aliphatic carbocycles. The standard InChI is InChI=1S/C17H22FNO/c1-5-8-19-17(15-9-12(3)20-13(15)4)14-7-6-11(2)16(18)10-14/h6-7,9-10,17,19H,5,8H2,1-4H3. The second-order valence-corrected chi connectivity index (χ2v) is 5.26. The van der Waals surface area contributed by atoms with E-state index in [-0.39, 0.29) is 11.9 Å². The summed E-state index contributed by atoms with van der Waals surface area (Å²) in [4.78, 5) is 0. The Morgan fingerprint density at radius 2 is 1.95 bits per heavy atom. The molecule has 1 aromatic carbocycles. The highest BCUT2D eigenvalue weighted by molar-refractivity contribution is 5.36. The number of nitrogens with one attached hydrogen (secondary N) is 1. The zero-order valence-electron chi connectivity index (χ0n) is 12.6. The first-order valence-corrected chi connectivity index (χ1v) is 7.09. The Bertz CT molecular complexity index is 589. The van der Waals surface area contributed by atoms with E-state index in [1.165, 1.54) is 0 Å². The number of aryl methyl sites for hydroxylation is 3. The summed E-state index contributed by atoms with van der Waals surface area (Å²) in [6, 6.07) is 7.42. The summed E-state index contributed by atoms with van der Waals surface area (Å²) in [5.74, 6) is 1.61. The topological polar surface area (TPSA) is 25.2 Å². The first-order valence-electron chi connectivity index (χ1n) is 7.09. The van der Waals surface area contributed by atoms with E-state index in [1.807, 2.05) is 32.0 Å². The van der Waals surface area contributed by atoms with Gasteiger partial charge in [0.1, 0.15) is 17.3 Å².